The molecule has 100 valence electrons. The molecule has 20 heavy (non-hydrogen) atoms. The Labute approximate surface area is 118 Å². The van der Waals surface area contributed by atoms with Crippen LogP contribution in [0.3, 0.4) is 0 Å². The number of rotatable bonds is 2. The van der Waals surface area contributed by atoms with Crippen molar-refractivity contribution in [3.8, 4) is 0 Å². The molecule has 0 spiro atoms. The van der Waals surface area contributed by atoms with E-state index in [9.17, 15) is 4.79 Å². The summed E-state index contributed by atoms with van der Waals surface area (Å²) >= 11 is 0. The van der Waals surface area contributed by atoms with Crippen LogP contribution < -0.4 is 0 Å². The van der Waals surface area contributed by atoms with Gasteiger partial charge in [0, 0.05) is 19.0 Å². The van der Waals surface area contributed by atoms with E-state index in [0.717, 1.165) is 23.3 Å². The summed E-state index contributed by atoms with van der Waals surface area (Å²) in [7, 11) is 1.72. The standard InChI is InChI=1S/C17H16N2O/c1-19-17(20)12-14-9-5-6-10-15(14)16(18-19)11-13-7-3-2-4-8-13/h2-10H,11-12H2,1H3. The van der Waals surface area contributed by atoms with Gasteiger partial charge in [0.25, 0.3) is 0 Å². The highest BCUT2D eigenvalue weighted by Crippen LogP contribution is 2.18. The van der Waals surface area contributed by atoms with Crippen LogP contribution in [0.5, 0.6) is 0 Å². The number of benzene rings is 2. The fourth-order valence-corrected chi connectivity index (χ4v) is 2.44. The lowest BCUT2D eigenvalue weighted by Gasteiger charge is -2.10. The van der Waals surface area contributed by atoms with Gasteiger partial charge in [-0.1, -0.05) is 54.6 Å². The maximum atomic E-state index is 12.0. The van der Waals surface area contributed by atoms with E-state index in [1.807, 2.05) is 42.5 Å². The molecule has 2 aromatic rings. The number of likely N-dealkylation sites (N-methyl/N-ethyl adjacent to an activating group) is 1. The Morgan fingerprint density at radius 3 is 2.55 bits per heavy atom. The number of nitrogens with zero attached hydrogens (tertiary/aromatic N) is 2. The lowest BCUT2D eigenvalue weighted by molar-refractivity contribution is -0.129. The summed E-state index contributed by atoms with van der Waals surface area (Å²) in [6, 6.07) is 18.2. The van der Waals surface area contributed by atoms with E-state index >= 15 is 0 Å². The van der Waals surface area contributed by atoms with Gasteiger partial charge in [-0.15, -0.1) is 0 Å². The third kappa shape index (κ3) is 2.48. The van der Waals surface area contributed by atoms with Crippen LogP contribution in [0.15, 0.2) is 59.7 Å². The van der Waals surface area contributed by atoms with Crippen LogP contribution in [0.4, 0.5) is 0 Å². The molecular formula is C17H16N2O. The van der Waals surface area contributed by atoms with Gasteiger partial charge in [-0.05, 0) is 11.1 Å². The molecule has 1 aliphatic heterocycles. The molecule has 0 fully saturated rings. The van der Waals surface area contributed by atoms with Crippen molar-refractivity contribution in [1.82, 2.24) is 5.01 Å². The van der Waals surface area contributed by atoms with E-state index in [1.165, 1.54) is 10.6 Å². The van der Waals surface area contributed by atoms with E-state index in [0.29, 0.717) is 6.42 Å². The van der Waals surface area contributed by atoms with Gasteiger partial charge in [0.15, 0.2) is 0 Å². The molecule has 3 heteroatoms. The zero-order valence-corrected chi connectivity index (χ0v) is 11.4. The van der Waals surface area contributed by atoms with Gasteiger partial charge in [-0.3, -0.25) is 4.79 Å². The van der Waals surface area contributed by atoms with Gasteiger partial charge in [0.2, 0.25) is 5.91 Å². The Balaban J connectivity index is 2.03. The molecule has 0 radical (unpaired) electrons. The molecule has 0 saturated heterocycles. The van der Waals surface area contributed by atoms with Gasteiger partial charge >= 0.3 is 0 Å². The van der Waals surface area contributed by atoms with Gasteiger partial charge in [0.1, 0.15) is 0 Å². The molecule has 0 unspecified atom stereocenters. The molecule has 3 nitrogen and oxygen atoms in total. The minimum atomic E-state index is 0.0283. The van der Waals surface area contributed by atoms with Gasteiger partial charge in [0.05, 0.1) is 12.1 Å². The summed E-state index contributed by atoms with van der Waals surface area (Å²) in [6.07, 6.45) is 1.14. The second-order valence-electron chi connectivity index (χ2n) is 4.96. The van der Waals surface area contributed by atoms with Crippen molar-refractivity contribution in [2.24, 2.45) is 5.10 Å². The van der Waals surface area contributed by atoms with E-state index in [2.05, 4.69) is 17.2 Å². The highest BCUT2D eigenvalue weighted by Gasteiger charge is 2.20. The average Bonchev–Trinajstić information content (AvgIpc) is 2.58. The third-order valence-corrected chi connectivity index (χ3v) is 3.52. The first-order chi connectivity index (χ1) is 9.74. The molecular weight excluding hydrogens is 248 g/mol. The van der Waals surface area contributed by atoms with Crippen molar-refractivity contribution in [2.45, 2.75) is 12.8 Å². The van der Waals surface area contributed by atoms with Crippen molar-refractivity contribution < 1.29 is 4.79 Å². The predicted octanol–water partition coefficient (Wildman–Crippen LogP) is 2.65. The van der Waals surface area contributed by atoms with Crippen LogP contribution in [0, 0.1) is 0 Å². The SMILES string of the molecule is CN1N=C(Cc2ccccc2)c2ccccc2CC1=O. The molecule has 1 heterocycles. The Morgan fingerprint density at radius 1 is 1.05 bits per heavy atom. The first-order valence-corrected chi connectivity index (χ1v) is 6.70. The Bertz CT molecular complexity index is 662. The minimum absolute atomic E-state index is 0.0283. The summed E-state index contributed by atoms with van der Waals surface area (Å²) < 4.78 is 0. The lowest BCUT2D eigenvalue weighted by Crippen LogP contribution is -2.22. The van der Waals surface area contributed by atoms with Crippen LogP contribution in [0.1, 0.15) is 16.7 Å². The smallest absolute Gasteiger partial charge is 0.246 e. The summed E-state index contributed by atoms with van der Waals surface area (Å²) in [6.45, 7) is 0. The zero-order valence-electron chi connectivity index (χ0n) is 11.4. The number of carbonyl (C=O) groups excluding carboxylic acids is 1. The molecule has 3 rings (SSSR count). The number of hydrazone groups is 1. The lowest BCUT2D eigenvalue weighted by atomic mass is 9.96. The van der Waals surface area contributed by atoms with Crippen LogP contribution in [0.25, 0.3) is 0 Å². The predicted molar refractivity (Wildman–Crippen MR) is 79.6 cm³/mol. The molecule has 1 aliphatic rings. The molecule has 0 bridgehead atoms. The highest BCUT2D eigenvalue weighted by molar-refractivity contribution is 6.05. The fourth-order valence-electron chi connectivity index (χ4n) is 2.44. The van der Waals surface area contributed by atoms with Crippen molar-refractivity contribution in [3.05, 3.63) is 71.3 Å². The maximum absolute atomic E-state index is 12.0. The quantitative estimate of drug-likeness (QED) is 0.820. The summed E-state index contributed by atoms with van der Waals surface area (Å²) in [5.41, 5.74) is 4.27. The Hall–Kier alpha value is -2.42. The largest absolute Gasteiger partial charge is 0.273 e. The zero-order chi connectivity index (χ0) is 13.9. The second-order valence-corrected chi connectivity index (χ2v) is 4.96. The van der Waals surface area contributed by atoms with Crippen LogP contribution in [-0.4, -0.2) is 23.7 Å². The van der Waals surface area contributed by atoms with Crippen LogP contribution in [-0.2, 0) is 17.6 Å². The minimum Gasteiger partial charge on any atom is -0.273 e. The first-order valence-electron chi connectivity index (χ1n) is 6.70. The normalized spacial score (nSPS) is 14.6. The topological polar surface area (TPSA) is 32.7 Å². The maximum Gasteiger partial charge on any atom is 0.246 e. The van der Waals surface area contributed by atoms with E-state index in [1.54, 1.807) is 7.05 Å². The van der Waals surface area contributed by atoms with Crippen molar-refractivity contribution >= 4 is 11.6 Å². The Kier molecular flexibility index (Phi) is 3.33. The van der Waals surface area contributed by atoms with Crippen LogP contribution >= 0.6 is 0 Å². The van der Waals surface area contributed by atoms with Crippen molar-refractivity contribution in [1.29, 1.82) is 0 Å². The summed E-state index contributed by atoms with van der Waals surface area (Å²) in [5.74, 6) is 0.0283. The third-order valence-electron chi connectivity index (χ3n) is 3.52. The van der Waals surface area contributed by atoms with E-state index in [4.69, 9.17) is 0 Å². The van der Waals surface area contributed by atoms with Gasteiger partial charge < -0.3 is 0 Å². The van der Waals surface area contributed by atoms with Gasteiger partial charge in [-0.2, -0.15) is 5.10 Å². The van der Waals surface area contributed by atoms with Crippen molar-refractivity contribution in [2.75, 3.05) is 7.05 Å². The molecule has 0 atom stereocenters. The molecule has 1 amide bonds. The number of amides is 1. The average molecular weight is 264 g/mol. The van der Waals surface area contributed by atoms with Crippen LogP contribution in [0.2, 0.25) is 0 Å². The molecule has 0 saturated carbocycles. The molecule has 0 aromatic heterocycles. The van der Waals surface area contributed by atoms with Gasteiger partial charge in [-0.25, -0.2) is 5.01 Å². The van der Waals surface area contributed by atoms with Crippen molar-refractivity contribution in [3.63, 3.8) is 0 Å². The second kappa shape index (κ2) is 5.29. The molecule has 2 aromatic carbocycles. The fraction of sp³-hybridized carbons (Fsp3) is 0.176. The number of fused-ring (bicyclic) bond motifs is 1. The van der Waals surface area contributed by atoms with E-state index in [-0.39, 0.29) is 5.91 Å². The molecule has 0 N–H and O–H groups in total. The number of hydrogen-bond donors (Lipinski definition) is 0. The molecule has 0 aliphatic carbocycles. The number of hydrogen-bond acceptors (Lipinski definition) is 2. The Morgan fingerprint density at radius 2 is 1.75 bits per heavy atom. The summed E-state index contributed by atoms with van der Waals surface area (Å²) in [4.78, 5) is 12.0. The highest BCUT2D eigenvalue weighted by atomic mass is 16.2. The first kappa shape index (κ1) is 12.6. The van der Waals surface area contributed by atoms with E-state index < -0.39 is 0 Å². The number of carbonyl (C=O) groups is 1. The monoisotopic (exact) mass is 264 g/mol. The summed E-state index contributed by atoms with van der Waals surface area (Å²) in [5, 5.41) is 5.95.